The van der Waals surface area contributed by atoms with E-state index in [0.717, 1.165) is 48.8 Å². The number of methoxy groups -OCH3 is 1. The van der Waals surface area contributed by atoms with E-state index < -0.39 is 0 Å². The van der Waals surface area contributed by atoms with E-state index in [1.807, 2.05) is 25.1 Å². The maximum absolute atomic E-state index is 6.04. The summed E-state index contributed by atoms with van der Waals surface area (Å²) < 4.78 is 7.40. The monoisotopic (exact) mass is 357 g/mol. The van der Waals surface area contributed by atoms with Gasteiger partial charge in [-0.25, -0.2) is 4.99 Å². The van der Waals surface area contributed by atoms with Crippen molar-refractivity contribution >= 4 is 44.9 Å². The lowest BCUT2D eigenvalue weighted by atomic mass is 10.2. The van der Waals surface area contributed by atoms with Crippen LogP contribution in [-0.2, 0) is 4.74 Å². The molecule has 4 heterocycles. The normalized spacial score (nSPS) is 16.1. The van der Waals surface area contributed by atoms with Gasteiger partial charge in [-0.05, 0) is 43.7 Å². The maximum Gasteiger partial charge on any atom is 0.146 e. The molecule has 0 fully saturated rings. The smallest absolute Gasteiger partial charge is 0.146 e. The molecule has 2 N–H and O–H groups in total. The Bertz CT molecular complexity index is 1000. The number of aromatic nitrogens is 2. The second kappa shape index (κ2) is 5.69. The van der Waals surface area contributed by atoms with Crippen molar-refractivity contribution in [1.29, 1.82) is 0 Å². The molecule has 0 unspecified atom stereocenters. The van der Waals surface area contributed by atoms with Gasteiger partial charge in [-0.3, -0.25) is 0 Å². The molecule has 3 aromatic rings. The van der Waals surface area contributed by atoms with Crippen molar-refractivity contribution in [2.45, 2.75) is 13.8 Å². The minimum Gasteiger partial charge on any atom is -0.494 e. The summed E-state index contributed by atoms with van der Waals surface area (Å²) in [6, 6.07) is 6.12. The second-order valence-corrected chi connectivity index (χ2v) is 7.51. The van der Waals surface area contributed by atoms with Gasteiger partial charge in [0, 0.05) is 17.5 Å². The van der Waals surface area contributed by atoms with Gasteiger partial charge < -0.3 is 14.7 Å². The summed E-state index contributed by atoms with van der Waals surface area (Å²) in [5, 5.41) is 0. The van der Waals surface area contributed by atoms with Gasteiger partial charge in [0.05, 0.1) is 33.1 Å². The summed E-state index contributed by atoms with van der Waals surface area (Å²) in [6.07, 6.45) is 3.97. The third-order valence-corrected chi connectivity index (χ3v) is 5.21. The Kier molecular flexibility index (Phi) is 3.62. The zero-order valence-corrected chi connectivity index (χ0v) is 15.1. The number of hydrogen-bond acceptors (Lipinski definition) is 3. The molecule has 1 aliphatic rings. The van der Waals surface area contributed by atoms with Crippen LogP contribution in [0.25, 0.3) is 16.3 Å². The Balaban J connectivity index is 1.75. The average molecular weight is 358 g/mol. The number of halogens is 1. The summed E-state index contributed by atoms with van der Waals surface area (Å²) >= 11 is 7.59. The van der Waals surface area contributed by atoms with Crippen molar-refractivity contribution in [1.82, 2.24) is 9.97 Å². The first-order valence-electron chi connectivity index (χ1n) is 7.54. The number of fused-ring (bicyclic) bond motifs is 1. The van der Waals surface area contributed by atoms with Crippen molar-refractivity contribution in [2.75, 3.05) is 7.11 Å². The van der Waals surface area contributed by atoms with Gasteiger partial charge in [-0.15, -0.1) is 11.3 Å². The molecule has 122 valence electrons. The van der Waals surface area contributed by atoms with E-state index in [2.05, 4.69) is 29.0 Å². The molecule has 0 amide bonds. The lowest BCUT2D eigenvalue weighted by Gasteiger charge is -2.01. The van der Waals surface area contributed by atoms with E-state index in [-0.39, 0.29) is 0 Å². The van der Waals surface area contributed by atoms with Crippen molar-refractivity contribution in [3.05, 3.63) is 62.7 Å². The number of allylic oxidation sites excluding steroid dienone is 1. The second-order valence-electron chi connectivity index (χ2n) is 5.80. The molecule has 3 aromatic heterocycles. The number of aryl methyl sites for hydroxylation is 2. The summed E-state index contributed by atoms with van der Waals surface area (Å²) in [6.45, 7) is 4.12. The van der Waals surface area contributed by atoms with Crippen LogP contribution in [-0.4, -0.2) is 22.8 Å². The number of nitrogens with zero attached hydrogens (tertiary/aromatic N) is 1. The Labute approximate surface area is 148 Å². The number of nitrogens with one attached hydrogen (secondary N) is 2. The Morgan fingerprint density at radius 1 is 1.21 bits per heavy atom. The highest BCUT2D eigenvalue weighted by Crippen LogP contribution is 2.32. The highest BCUT2D eigenvalue weighted by Gasteiger charge is 2.19. The molecular weight excluding hydrogens is 342 g/mol. The van der Waals surface area contributed by atoms with Crippen LogP contribution in [0, 0.1) is 13.8 Å². The number of aromatic amines is 2. The summed E-state index contributed by atoms with van der Waals surface area (Å²) in [5.74, 6) is 0.757. The number of hydrogen-bond donors (Lipinski definition) is 2. The molecule has 6 heteroatoms. The van der Waals surface area contributed by atoms with Crippen molar-refractivity contribution < 1.29 is 4.74 Å². The predicted molar refractivity (Wildman–Crippen MR) is 101 cm³/mol. The van der Waals surface area contributed by atoms with Gasteiger partial charge in [-0.1, -0.05) is 11.6 Å². The molecule has 0 spiro atoms. The largest absolute Gasteiger partial charge is 0.494 e. The number of rotatable bonds is 3. The maximum atomic E-state index is 6.04. The molecule has 0 saturated heterocycles. The van der Waals surface area contributed by atoms with Gasteiger partial charge in [0.15, 0.2) is 0 Å². The van der Waals surface area contributed by atoms with E-state index in [1.165, 1.54) is 5.56 Å². The standard InChI is InChI=1S/C18H16ClN3OS/c1-9-4-10(2)20-11(9)5-14-16(23-3)6-12(21-14)13-7-17-15(22-13)8-18(19)24-17/h4-8,20,22H,1-3H3/b14-5-. The molecule has 1 aliphatic heterocycles. The number of thiophene rings is 1. The highest BCUT2D eigenvalue weighted by atomic mass is 35.5. The van der Waals surface area contributed by atoms with Gasteiger partial charge in [-0.2, -0.15) is 0 Å². The van der Waals surface area contributed by atoms with Crippen LogP contribution in [0.4, 0.5) is 0 Å². The van der Waals surface area contributed by atoms with E-state index in [1.54, 1.807) is 18.4 Å². The summed E-state index contributed by atoms with van der Waals surface area (Å²) in [5.41, 5.74) is 7.04. The Morgan fingerprint density at radius 2 is 2.04 bits per heavy atom. The van der Waals surface area contributed by atoms with Crippen molar-refractivity contribution in [3.8, 4) is 0 Å². The molecule has 0 aliphatic carbocycles. The fraction of sp³-hybridized carbons (Fsp3) is 0.167. The first-order chi connectivity index (χ1) is 11.5. The quantitative estimate of drug-likeness (QED) is 0.664. The molecule has 24 heavy (non-hydrogen) atoms. The number of H-pyrrole nitrogens is 2. The highest BCUT2D eigenvalue weighted by molar-refractivity contribution is 7.22. The molecule has 4 rings (SSSR count). The van der Waals surface area contributed by atoms with Crippen LogP contribution >= 0.6 is 22.9 Å². The van der Waals surface area contributed by atoms with Gasteiger partial charge in [0.25, 0.3) is 0 Å². The van der Waals surface area contributed by atoms with E-state index in [0.29, 0.717) is 0 Å². The van der Waals surface area contributed by atoms with Crippen LogP contribution in [0.5, 0.6) is 0 Å². The topological polar surface area (TPSA) is 53.2 Å². The summed E-state index contributed by atoms with van der Waals surface area (Å²) in [4.78, 5) is 11.4. The minimum absolute atomic E-state index is 0.757. The van der Waals surface area contributed by atoms with E-state index in [9.17, 15) is 0 Å². The number of ether oxygens (including phenoxy) is 1. The van der Waals surface area contributed by atoms with Crippen LogP contribution in [0.1, 0.15) is 22.6 Å². The van der Waals surface area contributed by atoms with E-state index >= 15 is 0 Å². The lowest BCUT2D eigenvalue weighted by molar-refractivity contribution is 0.303. The number of aliphatic imine (C=N–C) groups is 1. The SMILES string of the molecule is COC1=CC(c2cc3sc(Cl)cc3[nH]2)=N/C1=C\c1[nH]c(C)cc1C. The first kappa shape index (κ1) is 15.3. The van der Waals surface area contributed by atoms with Gasteiger partial charge >= 0.3 is 0 Å². The molecule has 0 atom stereocenters. The molecule has 0 bridgehead atoms. The van der Waals surface area contributed by atoms with E-state index in [4.69, 9.17) is 21.3 Å². The lowest BCUT2D eigenvalue weighted by Crippen LogP contribution is -1.93. The average Bonchev–Trinajstić information content (AvgIpc) is 3.23. The van der Waals surface area contributed by atoms with Gasteiger partial charge in [0.2, 0.25) is 0 Å². The van der Waals surface area contributed by atoms with Gasteiger partial charge in [0.1, 0.15) is 11.5 Å². The zero-order chi connectivity index (χ0) is 16.8. The van der Waals surface area contributed by atoms with Crippen molar-refractivity contribution in [3.63, 3.8) is 0 Å². The molecule has 0 aromatic carbocycles. The minimum atomic E-state index is 0.757. The van der Waals surface area contributed by atoms with Crippen LogP contribution in [0.3, 0.4) is 0 Å². The third kappa shape index (κ3) is 2.60. The molecule has 0 radical (unpaired) electrons. The molecular formula is C18H16ClN3OS. The van der Waals surface area contributed by atoms with Crippen LogP contribution in [0.2, 0.25) is 4.34 Å². The molecule has 0 saturated carbocycles. The fourth-order valence-corrected chi connectivity index (χ4v) is 4.03. The summed E-state index contributed by atoms with van der Waals surface area (Å²) in [7, 11) is 1.66. The predicted octanol–water partition coefficient (Wildman–Crippen LogP) is 5.20. The third-order valence-electron chi connectivity index (χ3n) is 4.00. The van der Waals surface area contributed by atoms with Crippen LogP contribution in [0.15, 0.2) is 40.7 Å². The first-order valence-corrected chi connectivity index (χ1v) is 8.74. The van der Waals surface area contributed by atoms with Crippen LogP contribution < -0.4 is 0 Å². The molecule has 4 nitrogen and oxygen atoms in total. The Morgan fingerprint density at radius 3 is 2.71 bits per heavy atom. The zero-order valence-electron chi connectivity index (χ0n) is 13.5. The Hall–Kier alpha value is -2.24. The van der Waals surface area contributed by atoms with Crippen molar-refractivity contribution in [2.24, 2.45) is 4.99 Å². The fourth-order valence-electron chi connectivity index (χ4n) is 2.89.